The zero-order valence-electron chi connectivity index (χ0n) is 17.1. The van der Waals surface area contributed by atoms with Crippen molar-refractivity contribution in [3.63, 3.8) is 0 Å². The van der Waals surface area contributed by atoms with E-state index in [1.54, 1.807) is 4.68 Å². The predicted molar refractivity (Wildman–Crippen MR) is 112 cm³/mol. The van der Waals surface area contributed by atoms with E-state index < -0.39 is 0 Å². The summed E-state index contributed by atoms with van der Waals surface area (Å²) in [5.41, 5.74) is 4.72. The van der Waals surface area contributed by atoms with Crippen LogP contribution < -0.4 is 5.32 Å². The van der Waals surface area contributed by atoms with Gasteiger partial charge in [0.15, 0.2) is 11.0 Å². The van der Waals surface area contributed by atoms with Crippen LogP contribution in [0.5, 0.6) is 0 Å². The number of amides is 1. The van der Waals surface area contributed by atoms with Gasteiger partial charge in [-0.3, -0.25) is 9.48 Å². The summed E-state index contributed by atoms with van der Waals surface area (Å²) in [6.07, 6.45) is 0. The summed E-state index contributed by atoms with van der Waals surface area (Å²) in [5.74, 6) is 0.752. The topological polar surface area (TPSA) is 77.6 Å². The summed E-state index contributed by atoms with van der Waals surface area (Å²) in [6, 6.07) is 8.12. The Balaban J connectivity index is 1.80. The molecule has 3 rings (SSSR count). The highest BCUT2D eigenvalue weighted by molar-refractivity contribution is 8.00. The molecule has 1 amide bonds. The molecule has 1 aromatic carbocycles. The van der Waals surface area contributed by atoms with Gasteiger partial charge in [-0.1, -0.05) is 36.0 Å². The van der Waals surface area contributed by atoms with E-state index in [4.69, 9.17) is 0 Å². The third-order valence-electron chi connectivity index (χ3n) is 4.83. The van der Waals surface area contributed by atoms with Crippen molar-refractivity contribution in [2.24, 2.45) is 7.05 Å². The molecule has 0 aliphatic rings. The molecule has 148 valence electrons. The van der Waals surface area contributed by atoms with Gasteiger partial charge in [-0.15, -0.1) is 10.2 Å². The second-order valence-electron chi connectivity index (χ2n) is 6.78. The van der Waals surface area contributed by atoms with Crippen molar-refractivity contribution in [1.29, 1.82) is 0 Å². The molecular weight excluding hydrogens is 372 g/mol. The number of carbonyl (C=O) groups excluding carboxylic acids is 1. The molecule has 0 fully saturated rings. The summed E-state index contributed by atoms with van der Waals surface area (Å²) >= 11 is 1.41. The Morgan fingerprint density at radius 3 is 2.54 bits per heavy atom. The van der Waals surface area contributed by atoms with E-state index in [1.165, 1.54) is 11.8 Å². The third kappa shape index (κ3) is 3.82. The molecule has 0 aliphatic carbocycles. The number of hydrogen-bond donors (Lipinski definition) is 1. The van der Waals surface area contributed by atoms with E-state index in [0.717, 1.165) is 45.7 Å². The average Bonchev–Trinajstić information content (AvgIpc) is 3.17. The van der Waals surface area contributed by atoms with Crippen LogP contribution in [0.2, 0.25) is 0 Å². The normalized spacial score (nSPS) is 12.2. The van der Waals surface area contributed by atoms with E-state index in [1.807, 2.05) is 46.0 Å². The molecule has 2 aromatic heterocycles. The van der Waals surface area contributed by atoms with Crippen LogP contribution in [0.3, 0.4) is 0 Å². The van der Waals surface area contributed by atoms with E-state index in [9.17, 15) is 4.79 Å². The molecule has 28 heavy (non-hydrogen) atoms. The molecule has 0 aliphatic heterocycles. The van der Waals surface area contributed by atoms with Gasteiger partial charge < -0.3 is 9.88 Å². The molecular formula is C20H26N6OS. The SMILES string of the molecule is CCn1c(S[C@H](C)C(=O)Nc2c(C)nn(C)c2C)nnc1-c1ccccc1C. The zero-order chi connectivity index (χ0) is 20.4. The summed E-state index contributed by atoms with van der Waals surface area (Å²) in [7, 11) is 1.87. The lowest BCUT2D eigenvalue weighted by Crippen LogP contribution is -2.23. The lowest BCUT2D eigenvalue weighted by molar-refractivity contribution is -0.115. The van der Waals surface area contributed by atoms with Gasteiger partial charge in [0.05, 0.1) is 22.3 Å². The first kappa shape index (κ1) is 20.1. The van der Waals surface area contributed by atoms with Gasteiger partial charge in [-0.25, -0.2) is 0 Å². The molecule has 0 bridgehead atoms. The highest BCUT2D eigenvalue weighted by Gasteiger charge is 2.22. The van der Waals surface area contributed by atoms with Crippen molar-refractivity contribution < 1.29 is 4.79 Å². The number of benzene rings is 1. The van der Waals surface area contributed by atoms with Crippen molar-refractivity contribution in [1.82, 2.24) is 24.5 Å². The van der Waals surface area contributed by atoms with Crippen LogP contribution in [0, 0.1) is 20.8 Å². The van der Waals surface area contributed by atoms with Crippen LogP contribution in [0.25, 0.3) is 11.4 Å². The Bertz CT molecular complexity index is 1010. The number of rotatable bonds is 6. The molecule has 2 heterocycles. The molecule has 1 atom stereocenters. The minimum absolute atomic E-state index is 0.0766. The fourth-order valence-electron chi connectivity index (χ4n) is 3.07. The maximum absolute atomic E-state index is 12.7. The first-order valence-electron chi connectivity index (χ1n) is 9.30. The van der Waals surface area contributed by atoms with Gasteiger partial charge in [0.2, 0.25) is 5.91 Å². The quantitative estimate of drug-likeness (QED) is 0.640. The monoisotopic (exact) mass is 398 g/mol. The smallest absolute Gasteiger partial charge is 0.237 e. The fraction of sp³-hybridized carbons (Fsp3) is 0.400. The average molecular weight is 399 g/mol. The molecule has 0 saturated heterocycles. The van der Waals surface area contributed by atoms with Crippen LogP contribution in [0.1, 0.15) is 30.8 Å². The molecule has 1 N–H and O–H groups in total. The van der Waals surface area contributed by atoms with Crippen molar-refractivity contribution in [2.45, 2.75) is 51.6 Å². The van der Waals surface area contributed by atoms with Crippen molar-refractivity contribution in [3.05, 3.63) is 41.2 Å². The lowest BCUT2D eigenvalue weighted by Gasteiger charge is -2.13. The van der Waals surface area contributed by atoms with Crippen molar-refractivity contribution in [2.75, 3.05) is 5.32 Å². The molecule has 3 aromatic rings. The highest BCUT2D eigenvalue weighted by Crippen LogP contribution is 2.29. The number of hydrogen-bond acceptors (Lipinski definition) is 5. The van der Waals surface area contributed by atoms with Crippen LogP contribution in [0.4, 0.5) is 5.69 Å². The Morgan fingerprint density at radius 1 is 1.21 bits per heavy atom. The molecule has 0 spiro atoms. The number of thioether (sulfide) groups is 1. The van der Waals surface area contributed by atoms with Crippen LogP contribution >= 0.6 is 11.8 Å². The maximum atomic E-state index is 12.7. The Labute approximate surface area is 169 Å². The summed E-state index contributed by atoms with van der Waals surface area (Å²) in [4.78, 5) is 12.7. The standard InChI is InChI=1S/C20H26N6OS/c1-7-26-18(16-11-9-8-10-12(16)2)22-23-20(26)28-15(5)19(27)21-17-13(3)24-25(6)14(17)4/h8-11,15H,7H2,1-6H3,(H,21,27)/t15-/m1/s1. The third-order valence-corrected chi connectivity index (χ3v) is 5.91. The number of nitrogens with one attached hydrogen (secondary N) is 1. The van der Waals surface area contributed by atoms with Gasteiger partial charge in [-0.05, 0) is 40.2 Å². The van der Waals surface area contributed by atoms with Crippen LogP contribution in [-0.4, -0.2) is 35.7 Å². The molecule has 0 saturated carbocycles. The van der Waals surface area contributed by atoms with E-state index in [-0.39, 0.29) is 11.2 Å². The molecule has 0 unspecified atom stereocenters. The second-order valence-corrected chi connectivity index (χ2v) is 8.09. The van der Waals surface area contributed by atoms with E-state index in [0.29, 0.717) is 0 Å². The lowest BCUT2D eigenvalue weighted by atomic mass is 10.1. The van der Waals surface area contributed by atoms with Crippen LogP contribution in [-0.2, 0) is 18.4 Å². The zero-order valence-corrected chi connectivity index (χ0v) is 18.0. The molecule has 7 nitrogen and oxygen atoms in total. The first-order valence-corrected chi connectivity index (χ1v) is 10.2. The number of nitrogens with zero attached hydrogens (tertiary/aromatic N) is 5. The summed E-state index contributed by atoms with van der Waals surface area (Å²) in [6.45, 7) is 10.6. The van der Waals surface area contributed by atoms with Gasteiger partial charge in [0.1, 0.15) is 0 Å². The number of aryl methyl sites for hydroxylation is 3. The highest BCUT2D eigenvalue weighted by atomic mass is 32.2. The number of anilines is 1. The van der Waals surface area contributed by atoms with E-state index in [2.05, 4.69) is 45.1 Å². The maximum Gasteiger partial charge on any atom is 0.237 e. The predicted octanol–water partition coefficient (Wildman–Crippen LogP) is 3.74. The fourth-order valence-corrected chi connectivity index (χ4v) is 3.99. The van der Waals surface area contributed by atoms with Crippen molar-refractivity contribution in [3.8, 4) is 11.4 Å². The van der Waals surface area contributed by atoms with Gasteiger partial charge in [-0.2, -0.15) is 5.10 Å². The van der Waals surface area contributed by atoms with Gasteiger partial charge in [0.25, 0.3) is 0 Å². The number of carbonyl (C=O) groups is 1. The second kappa shape index (κ2) is 8.18. The van der Waals surface area contributed by atoms with Gasteiger partial charge >= 0.3 is 0 Å². The van der Waals surface area contributed by atoms with E-state index >= 15 is 0 Å². The number of aromatic nitrogens is 5. The van der Waals surface area contributed by atoms with Crippen molar-refractivity contribution >= 4 is 23.4 Å². The first-order chi connectivity index (χ1) is 13.3. The Morgan fingerprint density at radius 2 is 1.93 bits per heavy atom. The minimum atomic E-state index is -0.321. The van der Waals surface area contributed by atoms with Crippen LogP contribution in [0.15, 0.2) is 29.4 Å². The summed E-state index contributed by atoms with van der Waals surface area (Å²) < 4.78 is 3.82. The Kier molecular flexibility index (Phi) is 5.88. The van der Waals surface area contributed by atoms with Gasteiger partial charge in [0, 0.05) is 19.2 Å². The summed E-state index contributed by atoms with van der Waals surface area (Å²) in [5, 5.41) is 16.5. The molecule has 8 heteroatoms. The Hall–Kier alpha value is -2.61. The molecule has 0 radical (unpaired) electrons. The largest absolute Gasteiger partial charge is 0.322 e. The minimum Gasteiger partial charge on any atom is -0.322 e.